The summed E-state index contributed by atoms with van der Waals surface area (Å²) in [6.07, 6.45) is -1.40. The third-order valence-corrected chi connectivity index (χ3v) is 5.26. The first-order chi connectivity index (χ1) is 12.9. The summed E-state index contributed by atoms with van der Waals surface area (Å²) in [6.45, 7) is 1.47. The summed E-state index contributed by atoms with van der Waals surface area (Å²) >= 11 is 0. The van der Waals surface area contributed by atoms with E-state index in [2.05, 4.69) is 4.90 Å². The largest absolute Gasteiger partial charge is 0.416 e. The number of halogens is 3. The van der Waals surface area contributed by atoms with Gasteiger partial charge in [0.15, 0.2) is 0 Å². The lowest BCUT2D eigenvalue weighted by atomic mass is 10.1. The van der Waals surface area contributed by atoms with E-state index in [1.165, 1.54) is 17.7 Å². The maximum atomic E-state index is 12.9. The van der Waals surface area contributed by atoms with Crippen LogP contribution in [0.4, 0.5) is 18.9 Å². The molecule has 0 spiro atoms. The molecule has 0 aromatic heterocycles. The minimum Gasteiger partial charge on any atom is -0.311 e. The molecular formula is C21H21F3N2O. The molecule has 1 amide bonds. The Hall–Kier alpha value is -2.34. The van der Waals surface area contributed by atoms with Gasteiger partial charge in [-0.15, -0.1) is 0 Å². The minimum atomic E-state index is -4.33. The number of hydrogen-bond donors (Lipinski definition) is 0. The number of fused-ring (bicyclic) bond motifs is 1. The average Bonchev–Trinajstić information content (AvgIpc) is 3.39. The van der Waals surface area contributed by atoms with Crippen molar-refractivity contribution >= 4 is 11.6 Å². The van der Waals surface area contributed by atoms with Gasteiger partial charge in [0, 0.05) is 24.8 Å². The fourth-order valence-electron chi connectivity index (χ4n) is 3.64. The van der Waals surface area contributed by atoms with Crippen molar-refractivity contribution in [2.24, 2.45) is 0 Å². The van der Waals surface area contributed by atoms with Crippen molar-refractivity contribution in [3.8, 4) is 0 Å². The van der Waals surface area contributed by atoms with Gasteiger partial charge in [0.05, 0.1) is 12.1 Å². The summed E-state index contributed by atoms with van der Waals surface area (Å²) in [6, 6.07) is 13.5. The van der Waals surface area contributed by atoms with Gasteiger partial charge < -0.3 is 4.90 Å². The van der Waals surface area contributed by atoms with Gasteiger partial charge in [-0.1, -0.05) is 30.3 Å². The van der Waals surface area contributed by atoms with E-state index in [0.717, 1.165) is 42.6 Å². The van der Waals surface area contributed by atoms with Crippen LogP contribution in [0.2, 0.25) is 0 Å². The lowest BCUT2D eigenvalue weighted by molar-refractivity contribution is -0.137. The predicted molar refractivity (Wildman–Crippen MR) is 97.4 cm³/mol. The number of hydrogen-bond acceptors (Lipinski definition) is 2. The zero-order valence-electron chi connectivity index (χ0n) is 14.9. The molecule has 1 saturated carbocycles. The van der Waals surface area contributed by atoms with Crippen LogP contribution in [0.3, 0.4) is 0 Å². The molecule has 0 bridgehead atoms. The first-order valence-electron chi connectivity index (χ1n) is 9.20. The Morgan fingerprint density at radius 1 is 1.07 bits per heavy atom. The number of amides is 1. The van der Waals surface area contributed by atoms with E-state index in [9.17, 15) is 18.0 Å². The Bertz CT molecular complexity index is 828. The number of nitrogens with zero attached hydrogens (tertiary/aromatic N) is 2. The number of carbonyl (C=O) groups is 1. The smallest absolute Gasteiger partial charge is 0.311 e. The summed E-state index contributed by atoms with van der Waals surface area (Å²) in [7, 11) is 0. The molecule has 3 nitrogen and oxygen atoms in total. The van der Waals surface area contributed by atoms with Crippen LogP contribution >= 0.6 is 0 Å². The lowest BCUT2D eigenvalue weighted by Gasteiger charge is -2.25. The zero-order valence-corrected chi connectivity index (χ0v) is 14.9. The highest BCUT2D eigenvalue weighted by Gasteiger charge is 2.33. The lowest BCUT2D eigenvalue weighted by Crippen LogP contribution is -2.40. The fraction of sp³-hybridized carbons (Fsp3) is 0.381. The van der Waals surface area contributed by atoms with Crippen LogP contribution in [0.25, 0.3) is 0 Å². The van der Waals surface area contributed by atoms with Crippen LogP contribution in [0.1, 0.15) is 29.5 Å². The Balaban J connectivity index is 1.44. The zero-order chi connectivity index (χ0) is 19.0. The van der Waals surface area contributed by atoms with Crippen LogP contribution in [-0.2, 0) is 23.9 Å². The third-order valence-electron chi connectivity index (χ3n) is 5.26. The van der Waals surface area contributed by atoms with E-state index in [1.54, 1.807) is 0 Å². The number of benzene rings is 2. The average molecular weight is 374 g/mol. The van der Waals surface area contributed by atoms with E-state index >= 15 is 0 Å². The predicted octanol–water partition coefficient (Wildman–Crippen LogP) is 4.26. The second kappa shape index (κ2) is 7.00. The molecule has 4 rings (SSSR count). The highest BCUT2D eigenvalue weighted by atomic mass is 19.4. The Labute approximate surface area is 156 Å². The Kier molecular flexibility index (Phi) is 4.68. The molecule has 0 unspecified atom stereocenters. The fourth-order valence-corrected chi connectivity index (χ4v) is 3.64. The quantitative estimate of drug-likeness (QED) is 0.781. The van der Waals surface area contributed by atoms with E-state index in [0.29, 0.717) is 25.7 Å². The minimum absolute atomic E-state index is 0.0544. The molecule has 2 aliphatic rings. The summed E-state index contributed by atoms with van der Waals surface area (Å²) in [5.74, 6) is 0.0544. The van der Waals surface area contributed by atoms with Crippen LogP contribution in [0.5, 0.6) is 0 Å². The third kappa shape index (κ3) is 4.00. The standard InChI is InChI=1S/C21H21F3N2O/c22-21(23,24)17-7-5-15(6-8-17)13-25(18-9-10-18)14-20(27)26-12-11-16-3-1-2-4-19(16)26/h1-8,18H,9-14H2. The van der Waals surface area contributed by atoms with Gasteiger partial charge in [-0.2, -0.15) is 13.2 Å². The highest BCUT2D eigenvalue weighted by Crippen LogP contribution is 2.32. The molecule has 6 heteroatoms. The second-order valence-electron chi connectivity index (χ2n) is 7.25. The maximum Gasteiger partial charge on any atom is 0.416 e. The molecule has 0 saturated heterocycles. The van der Waals surface area contributed by atoms with E-state index < -0.39 is 11.7 Å². The molecule has 0 atom stereocenters. The van der Waals surface area contributed by atoms with Crippen molar-refractivity contribution in [2.45, 2.75) is 38.0 Å². The Morgan fingerprint density at radius 3 is 2.44 bits per heavy atom. The van der Waals surface area contributed by atoms with Crippen LogP contribution < -0.4 is 4.90 Å². The molecule has 1 aliphatic heterocycles. The first-order valence-corrected chi connectivity index (χ1v) is 9.20. The van der Waals surface area contributed by atoms with Gasteiger partial charge in [-0.25, -0.2) is 0 Å². The van der Waals surface area contributed by atoms with Crippen molar-refractivity contribution in [2.75, 3.05) is 18.0 Å². The molecule has 27 heavy (non-hydrogen) atoms. The van der Waals surface area contributed by atoms with E-state index in [-0.39, 0.29) is 5.91 Å². The van der Waals surface area contributed by atoms with Crippen molar-refractivity contribution in [1.29, 1.82) is 0 Å². The van der Waals surface area contributed by atoms with E-state index in [4.69, 9.17) is 0 Å². The molecule has 2 aromatic carbocycles. The molecule has 1 heterocycles. The van der Waals surface area contributed by atoms with Gasteiger partial charge in [-0.3, -0.25) is 9.69 Å². The number of rotatable bonds is 5. The van der Waals surface area contributed by atoms with Gasteiger partial charge in [0.1, 0.15) is 0 Å². The van der Waals surface area contributed by atoms with E-state index in [1.807, 2.05) is 29.2 Å². The summed E-state index contributed by atoms with van der Waals surface area (Å²) in [5, 5.41) is 0. The van der Waals surface area contributed by atoms with Crippen LogP contribution in [-0.4, -0.2) is 29.9 Å². The van der Waals surface area contributed by atoms with Crippen molar-refractivity contribution in [1.82, 2.24) is 4.90 Å². The highest BCUT2D eigenvalue weighted by molar-refractivity contribution is 5.96. The maximum absolute atomic E-state index is 12.9. The summed E-state index contributed by atoms with van der Waals surface area (Å²) in [4.78, 5) is 16.8. The number of carbonyl (C=O) groups excluding carboxylic acids is 1. The van der Waals surface area contributed by atoms with Crippen LogP contribution in [0, 0.1) is 0 Å². The topological polar surface area (TPSA) is 23.6 Å². The monoisotopic (exact) mass is 374 g/mol. The number of alkyl halides is 3. The van der Waals surface area contributed by atoms with Crippen molar-refractivity contribution in [3.05, 3.63) is 65.2 Å². The summed E-state index contributed by atoms with van der Waals surface area (Å²) < 4.78 is 38.2. The molecule has 0 radical (unpaired) electrons. The molecule has 1 fully saturated rings. The number of anilines is 1. The molecular weight excluding hydrogens is 353 g/mol. The molecule has 142 valence electrons. The van der Waals surface area contributed by atoms with Crippen molar-refractivity contribution in [3.63, 3.8) is 0 Å². The number of para-hydroxylation sites is 1. The second-order valence-corrected chi connectivity index (χ2v) is 7.25. The molecule has 2 aromatic rings. The SMILES string of the molecule is O=C(CN(Cc1ccc(C(F)(F)F)cc1)C1CC1)N1CCc2ccccc21. The molecule has 1 aliphatic carbocycles. The normalized spacial score (nSPS) is 16.7. The Morgan fingerprint density at radius 2 is 1.78 bits per heavy atom. The van der Waals surface area contributed by atoms with Crippen LogP contribution in [0.15, 0.2) is 48.5 Å². The van der Waals surface area contributed by atoms with Gasteiger partial charge in [0.25, 0.3) is 0 Å². The first kappa shape index (κ1) is 18.0. The molecule has 0 N–H and O–H groups in total. The summed E-state index contributed by atoms with van der Waals surface area (Å²) in [5.41, 5.74) is 2.32. The van der Waals surface area contributed by atoms with Gasteiger partial charge >= 0.3 is 6.18 Å². The van der Waals surface area contributed by atoms with Crippen molar-refractivity contribution < 1.29 is 18.0 Å². The van der Waals surface area contributed by atoms with Gasteiger partial charge in [-0.05, 0) is 48.6 Å². The van der Waals surface area contributed by atoms with Gasteiger partial charge in [0.2, 0.25) is 5.91 Å².